The van der Waals surface area contributed by atoms with E-state index in [-0.39, 0.29) is 10.6 Å². The molecule has 1 aromatic heterocycles. The molecule has 0 N–H and O–H groups in total. The molecule has 0 fully saturated rings. The van der Waals surface area contributed by atoms with E-state index >= 15 is 0 Å². The third kappa shape index (κ3) is 1.74. The van der Waals surface area contributed by atoms with Gasteiger partial charge in [0.25, 0.3) is 10.0 Å². The Hall–Kier alpha value is -1.95. The fraction of sp³-hybridized carbons (Fsp3) is 0. The summed E-state index contributed by atoms with van der Waals surface area (Å²) in [6, 6.07) is 7.95. The maximum Gasteiger partial charge on any atom is 0.268 e. The number of nitrogens with zero attached hydrogens (tertiary/aromatic N) is 2. The summed E-state index contributed by atoms with van der Waals surface area (Å²) < 4.78 is 24.9. The molecule has 0 spiro atoms. The van der Waals surface area contributed by atoms with E-state index in [1.807, 2.05) is 0 Å². The molecule has 1 aromatic carbocycles. The average Bonchev–Trinajstić information content (AvgIpc) is 2.79. The van der Waals surface area contributed by atoms with E-state index in [2.05, 4.69) is 4.98 Å². The summed E-state index contributed by atoms with van der Waals surface area (Å²) in [4.78, 5) is 14.2. The standard InChI is InChI=1S/C10H8N2O3S/c13-7-9-6-12(8-11-9)16(14,15)10-4-2-1-3-5-10/h1-8H. The molecule has 0 saturated heterocycles. The molecule has 0 aliphatic rings. The SMILES string of the molecule is O=Cc1cn(S(=O)(=O)c2ccccc2)cn1. The van der Waals surface area contributed by atoms with Crippen molar-refractivity contribution < 1.29 is 13.2 Å². The van der Waals surface area contributed by atoms with Gasteiger partial charge in [-0.1, -0.05) is 18.2 Å². The van der Waals surface area contributed by atoms with E-state index in [0.717, 1.165) is 10.3 Å². The first kappa shape index (κ1) is 10.6. The quantitative estimate of drug-likeness (QED) is 0.743. The highest BCUT2D eigenvalue weighted by Gasteiger charge is 2.16. The Morgan fingerprint density at radius 3 is 2.44 bits per heavy atom. The van der Waals surface area contributed by atoms with Crippen LogP contribution in [0.2, 0.25) is 0 Å². The van der Waals surface area contributed by atoms with Crippen molar-refractivity contribution in [3.8, 4) is 0 Å². The monoisotopic (exact) mass is 236 g/mol. The Balaban J connectivity index is 2.51. The number of carbonyl (C=O) groups excluding carboxylic acids is 1. The number of carbonyl (C=O) groups is 1. The van der Waals surface area contributed by atoms with Gasteiger partial charge in [-0.05, 0) is 12.1 Å². The van der Waals surface area contributed by atoms with E-state index in [0.29, 0.717) is 6.29 Å². The minimum absolute atomic E-state index is 0.0829. The lowest BCUT2D eigenvalue weighted by Crippen LogP contribution is -2.10. The minimum Gasteiger partial charge on any atom is -0.296 e. The first-order valence-electron chi connectivity index (χ1n) is 4.44. The van der Waals surface area contributed by atoms with Gasteiger partial charge in [-0.3, -0.25) is 4.79 Å². The van der Waals surface area contributed by atoms with Gasteiger partial charge in [0.1, 0.15) is 12.0 Å². The van der Waals surface area contributed by atoms with Crippen molar-refractivity contribution in [2.75, 3.05) is 0 Å². The van der Waals surface area contributed by atoms with Gasteiger partial charge in [0.2, 0.25) is 0 Å². The molecular formula is C10H8N2O3S. The Kier molecular flexibility index (Phi) is 2.57. The molecular weight excluding hydrogens is 228 g/mol. The summed E-state index contributed by atoms with van der Waals surface area (Å²) in [6.45, 7) is 0. The molecule has 0 saturated carbocycles. The highest BCUT2D eigenvalue weighted by molar-refractivity contribution is 7.90. The lowest BCUT2D eigenvalue weighted by atomic mass is 10.4. The van der Waals surface area contributed by atoms with Crippen LogP contribution in [-0.4, -0.2) is 23.7 Å². The second-order valence-electron chi connectivity index (χ2n) is 3.06. The number of aldehydes is 1. The van der Waals surface area contributed by atoms with Crippen LogP contribution in [0.1, 0.15) is 10.5 Å². The fourth-order valence-electron chi connectivity index (χ4n) is 1.23. The highest BCUT2D eigenvalue weighted by atomic mass is 32.2. The molecule has 82 valence electrons. The van der Waals surface area contributed by atoms with Crippen molar-refractivity contribution in [1.82, 2.24) is 8.96 Å². The molecule has 16 heavy (non-hydrogen) atoms. The second-order valence-corrected chi connectivity index (χ2v) is 4.91. The molecule has 0 amide bonds. The molecule has 0 atom stereocenters. The van der Waals surface area contributed by atoms with Gasteiger partial charge in [0, 0.05) is 0 Å². The van der Waals surface area contributed by atoms with E-state index in [4.69, 9.17) is 0 Å². The van der Waals surface area contributed by atoms with Crippen LogP contribution in [0.15, 0.2) is 47.8 Å². The highest BCUT2D eigenvalue weighted by Crippen LogP contribution is 2.12. The summed E-state index contributed by atoms with van der Waals surface area (Å²) in [5.41, 5.74) is 0.0829. The molecule has 1 heterocycles. The van der Waals surface area contributed by atoms with Gasteiger partial charge in [0.05, 0.1) is 11.1 Å². The molecule has 0 bridgehead atoms. The lowest BCUT2D eigenvalue weighted by molar-refractivity contribution is 0.111. The van der Waals surface area contributed by atoms with E-state index in [1.54, 1.807) is 18.2 Å². The summed E-state index contributed by atoms with van der Waals surface area (Å²) >= 11 is 0. The molecule has 0 aliphatic heterocycles. The first-order valence-corrected chi connectivity index (χ1v) is 5.88. The predicted octanol–water partition coefficient (Wildman–Crippen LogP) is 0.933. The van der Waals surface area contributed by atoms with Crippen LogP contribution in [0, 0.1) is 0 Å². The van der Waals surface area contributed by atoms with Crippen LogP contribution in [0.25, 0.3) is 0 Å². The van der Waals surface area contributed by atoms with Gasteiger partial charge < -0.3 is 0 Å². The molecule has 0 radical (unpaired) electrons. The van der Waals surface area contributed by atoms with Gasteiger partial charge in [0.15, 0.2) is 6.29 Å². The molecule has 2 aromatic rings. The van der Waals surface area contributed by atoms with Crippen LogP contribution < -0.4 is 0 Å². The minimum atomic E-state index is -3.63. The van der Waals surface area contributed by atoms with Gasteiger partial charge >= 0.3 is 0 Å². The number of aromatic nitrogens is 2. The van der Waals surface area contributed by atoms with Crippen LogP contribution in [-0.2, 0) is 10.0 Å². The summed E-state index contributed by atoms with van der Waals surface area (Å²) in [5.74, 6) is 0. The lowest BCUT2D eigenvalue weighted by Gasteiger charge is -2.03. The smallest absolute Gasteiger partial charge is 0.268 e. The van der Waals surface area contributed by atoms with E-state index in [1.165, 1.54) is 18.3 Å². The topological polar surface area (TPSA) is 69.0 Å². The van der Waals surface area contributed by atoms with Crippen LogP contribution >= 0.6 is 0 Å². The Morgan fingerprint density at radius 1 is 1.19 bits per heavy atom. The number of hydrogen-bond donors (Lipinski definition) is 0. The van der Waals surface area contributed by atoms with E-state index < -0.39 is 10.0 Å². The maximum atomic E-state index is 12.0. The number of imidazole rings is 1. The Labute approximate surface area is 92.4 Å². The van der Waals surface area contributed by atoms with Crippen LogP contribution in [0.5, 0.6) is 0 Å². The van der Waals surface area contributed by atoms with Crippen molar-refractivity contribution in [2.24, 2.45) is 0 Å². The normalized spacial score (nSPS) is 11.2. The van der Waals surface area contributed by atoms with Gasteiger partial charge in [-0.25, -0.2) is 17.4 Å². The zero-order valence-corrected chi connectivity index (χ0v) is 8.96. The van der Waals surface area contributed by atoms with E-state index in [9.17, 15) is 13.2 Å². The summed E-state index contributed by atoms with van der Waals surface area (Å²) in [5, 5.41) is 0. The van der Waals surface area contributed by atoms with Crippen molar-refractivity contribution in [1.29, 1.82) is 0 Å². The number of rotatable bonds is 3. The zero-order valence-electron chi connectivity index (χ0n) is 8.15. The molecule has 0 aliphatic carbocycles. The second kappa shape index (κ2) is 3.90. The molecule has 0 unspecified atom stereocenters. The fourth-order valence-corrected chi connectivity index (χ4v) is 2.39. The Bertz CT molecular complexity index is 602. The third-order valence-corrected chi connectivity index (χ3v) is 3.64. The zero-order chi connectivity index (χ0) is 11.6. The number of hydrogen-bond acceptors (Lipinski definition) is 4. The summed E-state index contributed by atoms with van der Waals surface area (Å²) in [6.07, 6.45) is 2.78. The summed E-state index contributed by atoms with van der Waals surface area (Å²) in [7, 11) is -3.63. The molecule has 2 rings (SSSR count). The first-order chi connectivity index (χ1) is 7.64. The molecule has 6 heteroatoms. The van der Waals surface area contributed by atoms with Gasteiger partial charge in [-0.2, -0.15) is 0 Å². The predicted molar refractivity (Wildman–Crippen MR) is 56.6 cm³/mol. The maximum absolute atomic E-state index is 12.0. The average molecular weight is 236 g/mol. The van der Waals surface area contributed by atoms with Crippen molar-refractivity contribution in [3.05, 3.63) is 48.5 Å². The van der Waals surface area contributed by atoms with Crippen molar-refractivity contribution in [3.63, 3.8) is 0 Å². The molecule has 5 nitrogen and oxygen atoms in total. The third-order valence-electron chi connectivity index (χ3n) is 2.02. The number of benzene rings is 1. The van der Waals surface area contributed by atoms with Crippen LogP contribution in [0.3, 0.4) is 0 Å². The largest absolute Gasteiger partial charge is 0.296 e. The Morgan fingerprint density at radius 2 is 1.88 bits per heavy atom. The van der Waals surface area contributed by atoms with Crippen molar-refractivity contribution >= 4 is 16.3 Å². The van der Waals surface area contributed by atoms with Gasteiger partial charge in [-0.15, -0.1) is 0 Å². The van der Waals surface area contributed by atoms with Crippen LogP contribution in [0.4, 0.5) is 0 Å². The van der Waals surface area contributed by atoms with Crippen molar-refractivity contribution in [2.45, 2.75) is 4.90 Å².